The molecule has 0 unspecified atom stereocenters. The number of nitrogens with one attached hydrogen (secondary N) is 2. The van der Waals surface area contributed by atoms with Gasteiger partial charge in [0.2, 0.25) is 5.78 Å². The number of methoxy groups -OCH3 is 2. The van der Waals surface area contributed by atoms with Crippen molar-refractivity contribution < 1.29 is 37.4 Å². The van der Waals surface area contributed by atoms with Crippen molar-refractivity contribution in [2.24, 2.45) is 22.8 Å². The van der Waals surface area contributed by atoms with Crippen LogP contribution in [0.4, 0.5) is 11.4 Å². The van der Waals surface area contributed by atoms with E-state index in [4.69, 9.17) is 52.6 Å². The van der Waals surface area contributed by atoms with Crippen LogP contribution < -0.4 is 20.6 Å². The van der Waals surface area contributed by atoms with Crippen LogP contribution in [0.15, 0.2) is 67.1 Å². The van der Waals surface area contributed by atoms with Crippen molar-refractivity contribution in [2.45, 2.75) is 78.7 Å². The summed E-state index contributed by atoms with van der Waals surface area (Å²) in [4.78, 5) is 53.8. The Bertz CT molecular complexity index is 2570. The standard InChI is InChI=1S/C17H20ClN3O4S.C12H16ClNO2S.C6H15N.C4H6N2O.C4H7NO.CO2/c1-21-17(23)12(10-19-21)16(22)11-6-7-13(25-2)15(14(11)18)20-26(24)8-4-3-5-9-26;1-16-11-7-5-6-10(13)12(11)14-17(15)8-3-2-4-9-17;1-4-7(5-2)6-3;1-6-4(7)2-3-5-6;1-4(2,6)3-5;2-1-3/h6-7,10,19H,3-5,8-9H2,1-2H3;5-7H,2-4,8-9H2,1H3;4-6H2,1-3H3;2-3,5H,1H3;6H,1-2H3;. The molecule has 2 aliphatic rings. The van der Waals surface area contributed by atoms with Crippen molar-refractivity contribution in [1.82, 2.24) is 24.5 Å². The third-order valence-electron chi connectivity index (χ3n) is 9.70. The zero-order valence-electron chi connectivity index (χ0n) is 39.2. The summed E-state index contributed by atoms with van der Waals surface area (Å²) in [6.45, 7) is 13.0. The van der Waals surface area contributed by atoms with Gasteiger partial charge in [-0.3, -0.25) is 23.7 Å². The molecule has 0 spiro atoms. The van der Waals surface area contributed by atoms with Crippen molar-refractivity contribution in [2.75, 3.05) is 56.9 Å². The second-order valence-electron chi connectivity index (χ2n) is 15.0. The Kier molecular flexibility index (Phi) is 26.5. The van der Waals surface area contributed by atoms with Crippen molar-refractivity contribution in [3.8, 4) is 17.6 Å². The van der Waals surface area contributed by atoms with Gasteiger partial charge in [0.25, 0.3) is 11.1 Å². The average Bonchev–Trinajstić information content (AvgIpc) is 3.84. The van der Waals surface area contributed by atoms with Crippen LogP contribution in [0.1, 0.15) is 89.1 Å². The molecule has 2 aliphatic heterocycles. The number of carbonyl (C=O) groups excluding carboxylic acids is 3. The molecule has 2 fully saturated rings. The Hall–Kier alpha value is -5.00. The van der Waals surface area contributed by atoms with E-state index < -0.39 is 36.4 Å². The van der Waals surface area contributed by atoms with Gasteiger partial charge < -0.3 is 29.7 Å². The van der Waals surface area contributed by atoms with E-state index in [0.29, 0.717) is 45.2 Å². The van der Waals surface area contributed by atoms with Gasteiger partial charge in [-0.05, 0) is 83.4 Å². The normalized spacial score (nSPS) is 14.4. The maximum atomic E-state index is 13.0. The highest BCUT2D eigenvalue weighted by Crippen LogP contribution is 2.40. The van der Waals surface area contributed by atoms with Gasteiger partial charge in [-0.15, -0.1) is 0 Å². The molecular weight excluding hydrogens is 936 g/mol. The number of hydrogen-bond donors (Lipinski definition) is 3. The van der Waals surface area contributed by atoms with E-state index in [2.05, 4.69) is 44.6 Å². The average molecular weight is 1000 g/mol. The molecule has 4 heterocycles. The van der Waals surface area contributed by atoms with Crippen molar-refractivity contribution in [1.29, 1.82) is 5.26 Å². The van der Waals surface area contributed by atoms with Crippen LogP contribution in [0.5, 0.6) is 11.5 Å². The summed E-state index contributed by atoms with van der Waals surface area (Å²) in [5.41, 5.74) is -0.754. The van der Waals surface area contributed by atoms with Gasteiger partial charge in [0.05, 0.1) is 49.8 Å². The monoisotopic (exact) mass is 998 g/mol. The zero-order chi connectivity index (χ0) is 50.1. The summed E-state index contributed by atoms with van der Waals surface area (Å²) in [5.74, 6) is 2.76. The largest absolute Gasteiger partial charge is 0.494 e. The van der Waals surface area contributed by atoms with Crippen molar-refractivity contribution in [3.05, 3.63) is 90.7 Å². The third-order valence-corrected chi connectivity index (χ3v) is 15.1. The first-order valence-corrected chi connectivity index (χ1v) is 25.6. The molecule has 22 heteroatoms. The number of aliphatic hydroxyl groups is 1. The molecule has 18 nitrogen and oxygen atoms in total. The van der Waals surface area contributed by atoms with E-state index >= 15 is 0 Å². The lowest BCUT2D eigenvalue weighted by Crippen LogP contribution is -2.21. The number of aromatic nitrogens is 4. The molecule has 366 valence electrons. The molecule has 2 aromatic carbocycles. The van der Waals surface area contributed by atoms with Crippen LogP contribution in [-0.2, 0) is 43.1 Å². The van der Waals surface area contributed by atoms with Crippen LogP contribution >= 0.6 is 23.2 Å². The maximum absolute atomic E-state index is 13.0. The Morgan fingerprint density at radius 3 is 1.62 bits per heavy atom. The molecule has 3 N–H and O–H groups in total. The molecule has 0 atom stereocenters. The fraction of sp³-hybridized carbons (Fsp3) is 0.523. The Balaban J connectivity index is 0.000000463. The van der Waals surface area contributed by atoms with Crippen LogP contribution in [0.2, 0.25) is 10.0 Å². The van der Waals surface area contributed by atoms with Gasteiger partial charge in [0, 0.05) is 61.1 Å². The number of H-pyrrole nitrogens is 2. The first kappa shape index (κ1) is 59.0. The Morgan fingerprint density at radius 2 is 1.27 bits per heavy atom. The zero-order valence-corrected chi connectivity index (χ0v) is 42.3. The minimum absolute atomic E-state index is 0.000000000000000222. The molecule has 4 aromatic rings. The molecule has 66 heavy (non-hydrogen) atoms. The van der Waals surface area contributed by atoms with E-state index in [0.717, 1.165) is 38.5 Å². The number of benzene rings is 2. The molecule has 0 saturated carbocycles. The smallest absolute Gasteiger partial charge is 0.373 e. The van der Waals surface area contributed by atoms with Gasteiger partial charge in [0.15, 0.2) is 0 Å². The van der Waals surface area contributed by atoms with Gasteiger partial charge in [-0.2, -0.15) is 23.6 Å². The molecule has 0 amide bonds. The number of halogens is 2. The van der Waals surface area contributed by atoms with E-state index in [9.17, 15) is 22.8 Å². The van der Waals surface area contributed by atoms with Crippen LogP contribution in [0.3, 0.4) is 0 Å². The van der Waals surface area contributed by atoms with Crippen LogP contribution in [0, 0.1) is 11.3 Å². The number of hydrogen-bond acceptors (Lipinski definition) is 14. The molecule has 2 saturated heterocycles. The lowest BCUT2D eigenvalue weighted by molar-refractivity contribution is -0.191. The molecule has 2 aromatic heterocycles. The van der Waals surface area contributed by atoms with E-state index in [1.165, 1.54) is 75.3 Å². The topological polar surface area (TPSA) is 251 Å². The highest BCUT2D eigenvalue weighted by Gasteiger charge is 2.24. The van der Waals surface area contributed by atoms with Crippen LogP contribution in [0.25, 0.3) is 0 Å². The quantitative estimate of drug-likeness (QED) is 0.111. The van der Waals surface area contributed by atoms with Gasteiger partial charge in [0.1, 0.15) is 34.0 Å². The molecule has 0 aliphatic carbocycles. The lowest BCUT2D eigenvalue weighted by atomic mass is 10.1. The Labute approximate surface area is 397 Å². The van der Waals surface area contributed by atoms with Crippen LogP contribution in [-0.4, -0.2) is 112 Å². The highest BCUT2D eigenvalue weighted by atomic mass is 35.5. The summed E-state index contributed by atoms with van der Waals surface area (Å²) in [6, 6.07) is 11.5. The van der Waals surface area contributed by atoms with Gasteiger partial charge in [-0.25, -0.2) is 8.42 Å². The summed E-state index contributed by atoms with van der Waals surface area (Å²) in [5, 5.41) is 22.2. The number of aromatic amines is 2. The number of carbonyl (C=O) groups is 1. The molecule has 6 rings (SSSR count). The summed E-state index contributed by atoms with van der Waals surface area (Å²) in [6.07, 6.45) is 9.02. The first-order valence-electron chi connectivity index (χ1n) is 21.1. The first-order chi connectivity index (χ1) is 31.1. The SMILES string of the molecule is CC(C)(O)C#N.CCN(CC)CC.COc1ccc(C(=O)c2c[nH]n(C)c2=O)c(Cl)c1N=S1(=O)CCCCC1.COc1cccc(Cl)c1N=S1(=O)CCCCC1.Cn1[nH]ccc1=O.O=C=O. The van der Waals surface area contributed by atoms with E-state index in [1.54, 1.807) is 50.7 Å². The number of nitrogens with zero attached hydrogens (tertiary/aromatic N) is 6. The number of rotatable bonds is 9. The second kappa shape index (κ2) is 29.6. The lowest BCUT2D eigenvalue weighted by Gasteiger charge is -2.17. The number of ether oxygens (including phenoxy) is 2. The second-order valence-corrected chi connectivity index (χ2v) is 20.9. The fourth-order valence-electron chi connectivity index (χ4n) is 5.94. The minimum atomic E-state index is -2.43. The predicted octanol–water partition coefficient (Wildman–Crippen LogP) is 7.28. The third kappa shape index (κ3) is 19.8. The number of nitriles is 1. The van der Waals surface area contributed by atoms with E-state index in [-0.39, 0.29) is 33.5 Å². The summed E-state index contributed by atoms with van der Waals surface area (Å²) in [7, 11) is 1.64. The van der Waals surface area contributed by atoms with Crippen molar-refractivity contribution in [3.63, 3.8) is 0 Å². The number of aryl methyl sites for hydroxylation is 2. The van der Waals surface area contributed by atoms with E-state index in [1.807, 2.05) is 0 Å². The Morgan fingerprint density at radius 1 is 0.803 bits per heavy atom. The molecule has 0 radical (unpaired) electrons. The fourth-order valence-corrected chi connectivity index (χ4v) is 11.0. The predicted molar refractivity (Wildman–Crippen MR) is 260 cm³/mol. The van der Waals surface area contributed by atoms with Gasteiger partial charge in [-0.1, -0.05) is 62.9 Å². The summed E-state index contributed by atoms with van der Waals surface area (Å²) >= 11 is 12.5. The highest BCUT2D eigenvalue weighted by molar-refractivity contribution is 7.94. The molecule has 0 bridgehead atoms. The molecular formula is C44H64Cl2N8O10S2. The summed E-state index contributed by atoms with van der Waals surface area (Å²) < 4.78 is 47.4. The minimum Gasteiger partial charge on any atom is -0.494 e. The number of ketones is 1. The maximum Gasteiger partial charge on any atom is 0.373 e. The van der Waals surface area contributed by atoms with Gasteiger partial charge >= 0.3 is 6.15 Å². The van der Waals surface area contributed by atoms with Crippen molar-refractivity contribution >= 4 is 66.0 Å².